The number of anilines is 2. The summed E-state index contributed by atoms with van der Waals surface area (Å²) in [4.78, 5) is 7.70. The van der Waals surface area contributed by atoms with Crippen molar-refractivity contribution in [3.63, 3.8) is 0 Å². The first kappa shape index (κ1) is 47.1. The number of benzene rings is 6. The summed E-state index contributed by atoms with van der Waals surface area (Å²) >= 11 is 0. The third-order valence-corrected chi connectivity index (χ3v) is 12.8. The van der Waals surface area contributed by atoms with Crippen molar-refractivity contribution in [2.45, 2.75) is 16.7 Å². The van der Waals surface area contributed by atoms with Crippen LogP contribution in [0.25, 0.3) is 21.8 Å². The van der Waals surface area contributed by atoms with Crippen LogP contribution in [-0.4, -0.2) is 55.2 Å². The zero-order valence-corrected chi connectivity index (χ0v) is 37.6. The van der Waals surface area contributed by atoms with Crippen LogP contribution in [0.2, 0.25) is 0 Å². The van der Waals surface area contributed by atoms with Crippen molar-refractivity contribution in [3.05, 3.63) is 156 Å². The second-order valence-corrected chi connectivity index (χ2v) is 17.4. The normalized spacial score (nSPS) is 11.3. The van der Waals surface area contributed by atoms with Gasteiger partial charge in [-0.3, -0.25) is 19.4 Å². The molecule has 8 rings (SSSR count). The molecule has 8 aromatic rings. The molecular formula is C47H38F4N4O10S2. The van der Waals surface area contributed by atoms with Gasteiger partial charge in [-0.15, -0.1) is 0 Å². The molecule has 0 saturated carbocycles. The molecule has 6 aromatic carbocycles. The summed E-state index contributed by atoms with van der Waals surface area (Å²) in [7, 11) is -2.51. The molecule has 0 saturated heterocycles. The molecule has 67 heavy (non-hydrogen) atoms. The second kappa shape index (κ2) is 19.7. The number of halogens is 4. The monoisotopic (exact) mass is 958 g/mol. The van der Waals surface area contributed by atoms with Crippen LogP contribution in [0.5, 0.6) is 46.0 Å². The third kappa shape index (κ3) is 10.3. The summed E-state index contributed by atoms with van der Waals surface area (Å²) in [5, 5.41) is 1.20. The predicted molar refractivity (Wildman–Crippen MR) is 242 cm³/mol. The van der Waals surface area contributed by atoms with Crippen molar-refractivity contribution in [1.29, 1.82) is 0 Å². The highest BCUT2D eigenvalue weighted by atomic mass is 32.2. The van der Waals surface area contributed by atoms with Crippen molar-refractivity contribution < 1.29 is 62.8 Å². The van der Waals surface area contributed by atoms with Crippen molar-refractivity contribution in [2.75, 3.05) is 37.9 Å². The Hall–Kier alpha value is -7.84. The van der Waals surface area contributed by atoms with Crippen LogP contribution in [0.1, 0.15) is 5.56 Å². The molecule has 20 heteroatoms. The molecule has 14 nitrogen and oxygen atoms in total. The van der Waals surface area contributed by atoms with Gasteiger partial charge in [0.1, 0.15) is 39.5 Å². The minimum absolute atomic E-state index is 0.0630. The molecular weight excluding hydrogens is 921 g/mol. The Kier molecular flexibility index (Phi) is 13.9. The van der Waals surface area contributed by atoms with Gasteiger partial charge in [0.15, 0.2) is 34.6 Å². The minimum atomic E-state index is -4.32. The quantitative estimate of drug-likeness (QED) is 0.0989. The standard InChI is InChI=1S/C24H20F2N2O5S.C23H18F2N2O5S/c1-14-17(25)5-4-6-24(14)34(29,30)28-19-8-7-15(11-18(19)26)33-21-9-10-27-20-13-23(32-3)22(31-2)12-16(20)21;1-30-21-12-15-19(13-22(21)31-2)26-10-9-20(15)32-14-7-8-18(17(25)11-14)27-33(28,29)23-6-4-3-5-16(23)24/h4-13,28H,1-3H3;3-13,27H,1-2H3. The molecule has 346 valence electrons. The predicted octanol–water partition coefficient (Wildman–Crippen LogP) is 10.6. The lowest BCUT2D eigenvalue weighted by Gasteiger charge is -2.14. The van der Waals surface area contributed by atoms with Gasteiger partial charge in [-0.25, -0.2) is 34.4 Å². The SMILES string of the molecule is COc1cc2nccc(Oc3ccc(NS(=O)(=O)c4cccc(F)c4C)c(F)c3)c2cc1OC.COc1cc2nccc(Oc3ccc(NS(=O)(=O)c4ccccc4F)c(F)c3)c2cc1OC. The lowest BCUT2D eigenvalue weighted by atomic mass is 10.2. The van der Waals surface area contributed by atoms with Gasteiger partial charge in [-0.1, -0.05) is 18.2 Å². The van der Waals surface area contributed by atoms with Crippen LogP contribution in [0, 0.1) is 30.2 Å². The maximum Gasteiger partial charge on any atom is 0.264 e. The van der Waals surface area contributed by atoms with E-state index in [1.165, 1.54) is 96.3 Å². The molecule has 0 bridgehead atoms. The smallest absolute Gasteiger partial charge is 0.264 e. The first-order valence-corrected chi connectivity index (χ1v) is 22.5. The van der Waals surface area contributed by atoms with Gasteiger partial charge in [0, 0.05) is 53.0 Å². The molecule has 2 aromatic heterocycles. The third-order valence-electron chi connectivity index (χ3n) is 9.87. The molecule has 0 fully saturated rings. The summed E-state index contributed by atoms with van der Waals surface area (Å²) in [6.45, 7) is 1.33. The van der Waals surface area contributed by atoms with E-state index in [4.69, 9.17) is 28.4 Å². The van der Waals surface area contributed by atoms with E-state index in [9.17, 15) is 34.4 Å². The number of rotatable bonds is 14. The number of hydrogen-bond donors (Lipinski definition) is 2. The fourth-order valence-electron chi connectivity index (χ4n) is 6.55. The highest BCUT2D eigenvalue weighted by molar-refractivity contribution is 7.93. The number of pyridine rings is 2. The summed E-state index contributed by atoms with van der Waals surface area (Å²) < 4.78 is 144. The molecule has 0 aliphatic heterocycles. The van der Waals surface area contributed by atoms with E-state index < -0.39 is 48.2 Å². The Morgan fingerprint density at radius 3 is 1.31 bits per heavy atom. The Bertz CT molecular complexity index is 3380. The summed E-state index contributed by atoms with van der Waals surface area (Å²) in [6.07, 6.45) is 3.06. The van der Waals surface area contributed by atoms with E-state index in [0.29, 0.717) is 56.3 Å². The van der Waals surface area contributed by atoms with E-state index >= 15 is 0 Å². The number of ether oxygens (including phenoxy) is 6. The number of nitrogens with one attached hydrogen (secondary N) is 2. The van der Waals surface area contributed by atoms with Crippen molar-refractivity contribution >= 4 is 53.2 Å². The van der Waals surface area contributed by atoms with Gasteiger partial charge in [0.05, 0.1) is 55.7 Å². The van der Waals surface area contributed by atoms with E-state index in [-0.39, 0.29) is 33.3 Å². The number of sulfonamides is 2. The van der Waals surface area contributed by atoms with Crippen LogP contribution >= 0.6 is 0 Å². The molecule has 0 unspecified atom stereocenters. The zero-order valence-electron chi connectivity index (χ0n) is 35.9. The van der Waals surface area contributed by atoms with Gasteiger partial charge in [-0.2, -0.15) is 0 Å². The fourth-order valence-corrected chi connectivity index (χ4v) is 9.02. The van der Waals surface area contributed by atoms with Gasteiger partial charge < -0.3 is 28.4 Å². The second-order valence-electron chi connectivity index (χ2n) is 14.1. The molecule has 2 N–H and O–H groups in total. The molecule has 0 aliphatic rings. The Morgan fingerprint density at radius 1 is 0.448 bits per heavy atom. The first-order chi connectivity index (χ1) is 32.0. The van der Waals surface area contributed by atoms with E-state index in [0.717, 1.165) is 30.3 Å². The molecule has 0 amide bonds. The van der Waals surface area contributed by atoms with E-state index in [1.54, 1.807) is 36.4 Å². The number of hydrogen-bond acceptors (Lipinski definition) is 12. The van der Waals surface area contributed by atoms with Gasteiger partial charge >= 0.3 is 0 Å². The Labute approximate surface area is 381 Å². The molecule has 0 atom stereocenters. The number of methoxy groups -OCH3 is 4. The highest BCUT2D eigenvalue weighted by Crippen LogP contribution is 2.39. The Balaban J connectivity index is 0.000000199. The highest BCUT2D eigenvalue weighted by Gasteiger charge is 2.23. The van der Waals surface area contributed by atoms with Crippen LogP contribution in [0.15, 0.2) is 137 Å². The molecule has 2 heterocycles. The van der Waals surface area contributed by atoms with Gasteiger partial charge in [0.2, 0.25) is 0 Å². The fraction of sp³-hybridized carbons (Fsp3) is 0.106. The lowest BCUT2D eigenvalue weighted by molar-refractivity contribution is 0.355. The summed E-state index contributed by atoms with van der Waals surface area (Å²) in [5.41, 5.74) is 0.427. The topological polar surface area (TPSA) is 174 Å². The molecule has 0 radical (unpaired) electrons. The van der Waals surface area contributed by atoms with Crippen molar-refractivity contribution in [3.8, 4) is 46.0 Å². The van der Waals surface area contributed by atoms with Crippen LogP contribution in [-0.2, 0) is 20.0 Å². The summed E-state index contributed by atoms with van der Waals surface area (Å²) in [5.74, 6) is -0.459. The Morgan fingerprint density at radius 2 is 0.866 bits per heavy atom. The molecule has 0 aliphatic carbocycles. The summed E-state index contributed by atoms with van der Waals surface area (Å²) in [6, 6.07) is 25.7. The van der Waals surface area contributed by atoms with Gasteiger partial charge in [-0.05, 0) is 79.7 Å². The average molecular weight is 959 g/mol. The minimum Gasteiger partial charge on any atom is -0.493 e. The first-order valence-electron chi connectivity index (χ1n) is 19.6. The van der Waals surface area contributed by atoms with Crippen LogP contribution < -0.4 is 37.9 Å². The van der Waals surface area contributed by atoms with Gasteiger partial charge in [0.25, 0.3) is 20.0 Å². The van der Waals surface area contributed by atoms with Crippen molar-refractivity contribution in [2.24, 2.45) is 0 Å². The van der Waals surface area contributed by atoms with Crippen molar-refractivity contribution in [1.82, 2.24) is 9.97 Å². The van der Waals surface area contributed by atoms with E-state index in [2.05, 4.69) is 19.4 Å². The zero-order chi connectivity index (χ0) is 48.0. The van der Waals surface area contributed by atoms with Crippen LogP contribution in [0.4, 0.5) is 28.9 Å². The maximum atomic E-state index is 14.8. The number of aromatic nitrogens is 2. The molecule has 0 spiro atoms. The number of nitrogens with zero attached hydrogens (tertiary/aromatic N) is 2. The largest absolute Gasteiger partial charge is 0.493 e. The number of fused-ring (bicyclic) bond motifs is 2. The van der Waals surface area contributed by atoms with Crippen LogP contribution in [0.3, 0.4) is 0 Å². The average Bonchev–Trinajstić information content (AvgIpc) is 3.31. The van der Waals surface area contributed by atoms with E-state index in [1.807, 2.05) is 0 Å². The maximum absolute atomic E-state index is 14.8. The lowest BCUT2D eigenvalue weighted by Crippen LogP contribution is -2.15.